The maximum absolute atomic E-state index is 5.30. The molecule has 0 amide bonds. The number of benzene rings is 3. The van der Waals surface area contributed by atoms with Crippen LogP contribution in [0.1, 0.15) is 0 Å². The fourth-order valence-corrected chi connectivity index (χ4v) is 3.53. The van der Waals surface area contributed by atoms with Crippen LogP contribution in [-0.4, -0.2) is 29.7 Å². The molecule has 0 aliphatic carbocycles. The molecule has 0 saturated carbocycles. The van der Waals surface area contributed by atoms with Crippen molar-refractivity contribution in [2.45, 2.75) is 5.91 Å². The van der Waals surface area contributed by atoms with Crippen molar-refractivity contribution in [3.63, 3.8) is 0 Å². The molecule has 3 aromatic rings. The number of anilines is 3. The Bertz CT molecular complexity index is 719. The maximum Gasteiger partial charge on any atom is 0.157 e. The quantitative estimate of drug-likeness (QED) is 0.475. The van der Waals surface area contributed by atoms with Crippen molar-refractivity contribution in [1.82, 2.24) is 0 Å². The molecule has 0 aliphatic rings. The van der Waals surface area contributed by atoms with Crippen molar-refractivity contribution in [2.75, 3.05) is 19.1 Å². The molecule has 0 aromatic heterocycles. The number of hydrogen-bond donors (Lipinski definition) is 0. The second-order valence-corrected chi connectivity index (χ2v) is 6.84. The first-order valence-corrected chi connectivity index (χ1v) is 9.22. The zero-order chi connectivity index (χ0) is 17.5. The molecule has 0 spiro atoms. The van der Waals surface area contributed by atoms with Gasteiger partial charge in [-0.3, -0.25) is 0 Å². The molecule has 0 aliphatic heterocycles. The van der Waals surface area contributed by atoms with Gasteiger partial charge in [-0.25, -0.2) is 0 Å². The molecule has 3 nitrogen and oxygen atoms in total. The van der Waals surface area contributed by atoms with Gasteiger partial charge in [-0.05, 0) is 36.4 Å². The van der Waals surface area contributed by atoms with Crippen LogP contribution in [0.15, 0.2) is 84.9 Å². The molecule has 3 aromatic carbocycles. The van der Waals surface area contributed by atoms with Crippen LogP contribution < -0.4 is 10.1 Å². The monoisotopic (exact) mass is 347 g/mol. The molecule has 25 heavy (non-hydrogen) atoms. The van der Waals surface area contributed by atoms with Crippen LogP contribution in [0.5, 0.6) is 0 Å². The summed E-state index contributed by atoms with van der Waals surface area (Å²) < 4.78 is 10.6. The molecule has 0 N–H and O–H groups in total. The van der Waals surface area contributed by atoms with Crippen LogP contribution in [0.25, 0.3) is 0 Å². The molecule has 126 valence electrons. The number of nitrogens with zero attached hydrogens (tertiary/aromatic N) is 1. The smallest absolute Gasteiger partial charge is 0.157 e. The Hall–Kier alpha value is -2.40. The highest BCUT2D eigenvalue weighted by molar-refractivity contribution is 6.54. The van der Waals surface area contributed by atoms with E-state index < -0.39 is 0 Å². The Kier molecular flexibility index (Phi) is 6.01. The highest BCUT2D eigenvalue weighted by Gasteiger charge is 2.13. The van der Waals surface area contributed by atoms with E-state index in [1.807, 2.05) is 12.1 Å². The van der Waals surface area contributed by atoms with Gasteiger partial charge in [-0.15, -0.1) is 0 Å². The highest BCUT2D eigenvalue weighted by atomic mass is 28.2. The van der Waals surface area contributed by atoms with E-state index in [-0.39, 0.29) is 5.91 Å². The molecule has 2 radical (unpaired) electrons. The van der Waals surface area contributed by atoms with Gasteiger partial charge in [0.15, 0.2) is 9.52 Å². The molecule has 0 heterocycles. The lowest BCUT2D eigenvalue weighted by Crippen LogP contribution is -2.31. The van der Waals surface area contributed by atoms with E-state index in [9.17, 15) is 0 Å². The van der Waals surface area contributed by atoms with Gasteiger partial charge in [0.05, 0.1) is 0 Å². The van der Waals surface area contributed by atoms with Crippen LogP contribution in [0.4, 0.5) is 17.1 Å². The zero-order valence-corrected chi connectivity index (χ0v) is 15.4. The van der Waals surface area contributed by atoms with E-state index in [1.165, 1.54) is 5.19 Å². The predicted molar refractivity (Wildman–Crippen MR) is 104 cm³/mol. The van der Waals surface area contributed by atoms with Gasteiger partial charge in [-0.1, -0.05) is 53.7 Å². The van der Waals surface area contributed by atoms with Gasteiger partial charge in [0.2, 0.25) is 0 Å². The maximum atomic E-state index is 5.30. The van der Waals surface area contributed by atoms with Gasteiger partial charge in [0.25, 0.3) is 0 Å². The van der Waals surface area contributed by atoms with Crippen LogP contribution >= 0.6 is 0 Å². The second kappa shape index (κ2) is 8.62. The largest absolute Gasteiger partial charge is 0.360 e. The van der Waals surface area contributed by atoms with Gasteiger partial charge < -0.3 is 14.4 Å². The average Bonchev–Trinajstić information content (AvgIpc) is 2.69. The minimum absolute atomic E-state index is 0.190. The van der Waals surface area contributed by atoms with Crippen LogP contribution in [0.3, 0.4) is 0 Å². The summed E-state index contributed by atoms with van der Waals surface area (Å²) in [5, 5.41) is 1.21. The van der Waals surface area contributed by atoms with Crippen molar-refractivity contribution >= 4 is 31.8 Å². The third-order valence-corrected chi connectivity index (χ3v) is 5.24. The SMILES string of the molecule is COC(OC)[Si]c1ccc(N(c2ccccc2)c2ccccc2)cc1. The van der Waals surface area contributed by atoms with Gasteiger partial charge in [-0.2, -0.15) is 0 Å². The van der Waals surface area contributed by atoms with Gasteiger partial charge >= 0.3 is 0 Å². The first-order chi connectivity index (χ1) is 12.3. The first-order valence-electron chi connectivity index (χ1n) is 8.14. The Morgan fingerprint density at radius 3 is 1.52 bits per heavy atom. The van der Waals surface area contributed by atoms with Crippen molar-refractivity contribution in [1.29, 1.82) is 0 Å². The molecule has 0 bridgehead atoms. The number of rotatable bonds is 7. The fraction of sp³-hybridized carbons (Fsp3) is 0.143. The molecule has 0 unspecified atom stereocenters. The summed E-state index contributed by atoms with van der Waals surface area (Å²) in [5.74, 6) is -0.190. The normalized spacial score (nSPS) is 10.8. The van der Waals surface area contributed by atoms with E-state index in [4.69, 9.17) is 9.47 Å². The molecule has 4 heteroatoms. The molecular formula is C21H21NO2Si. The minimum atomic E-state index is -0.190. The molecule has 0 fully saturated rings. The second-order valence-electron chi connectivity index (χ2n) is 5.50. The van der Waals surface area contributed by atoms with E-state index in [2.05, 4.69) is 77.7 Å². The zero-order valence-electron chi connectivity index (χ0n) is 14.4. The van der Waals surface area contributed by atoms with Crippen molar-refractivity contribution < 1.29 is 9.47 Å². The summed E-state index contributed by atoms with van der Waals surface area (Å²) in [6.45, 7) is 0. The summed E-state index contributed by atoms with van der Waals surface area (Å²) in [6, 6.07) is 29.3. The highest BCUT2D eigenvalue weighted by Crippen LogP contribution is 2.33. The lowest BCUT2D eigenvalue weighted by atomic mass is 10.2. The number of hydrogen-bond acceptors (Lipinski definition) is 3. The Labute approximate surface area is 151 Å². The van der Waals surface area contributed by atoms with E-state index >= 15 is 0 Å². The van der Waals surface area contributed by atoms with Crippen LogP contribution in [0, 0.1) is 0 Å². The summed E-state index contributed by atoms with van der Waals surface area (Å²) in [7, 11) is 3.79. The molecule has 0 atom stereocenters. The van der Waals surface area contributed by atoms with E-state index in [1.54, 1.807) is 14.2 Å². The number of ether oxygens (including phenoxy) is 2. The Balaban J connectivity index is 1.92. The van der Waals surface area contributed by atoms with Crippen LogP contribution in [0.2, 0.25) is 0 Å². The first kappa shape index (κ1) is 17.4. The number of para-hydroxylation sites is 2. The predicted octanol–water partition coefficient (Wildman–Crippen LogP) is 4.06. The fourth-order valence-electron chi connectivity index (χ4n) is 2.66. The summed E-state index contributed by atoms with van der Waals surface area (Å²) >= 11 is 0. The third-order valence-electron chi connectivity index (χ3n) is 3.87. The molecule has 3 rings (SSSR count). The lowest BCUT2D eigenvalue weighted by molar-refractivity contribution is -0.0429. The lowest BCUT2D eigenvalue weighted by Gasteiger charge is -2.25. The summed E-state index contributed by atoms with van der Waals surface area (Å²) in [4.78, 5) is 2.25. The van der Waals surface area contributed by atoms with Crippen molar-refractivity contribution in [3.05, 3.63) is 84.9 Å². The van der Waals surface area contributed by atoms with Gasteiger partial charge in [0.1, 0.15) is 5.91 Å². The Morgan fingerprint density at radius 1 is 0.640 bits per heavy atom. The number of methoxy groups -OCH3 is 2. The minimum Gasteiger partial charge on any atom is -0.360 e. The average molecular weight is 347 g/mol. The third kappa shape index (κ3) is 4.36. The van der Waals surface area contributed by atoms with Crippen molar-refractivity contribution in [3.8, 4) is 0 Å². The van der Waals surface area contributed by atoms with E-state index in [0.717, 1.165) is 17.1 Å². The summed E-state index contributed by atoms with van der Waals surface area (Å²) in [6.07, 6.45) is 0. The van der Waals surface area contributed by atoms with E-state index in [0.29, 0.717) is 9.52 Å². The molecular weight excluding hydrogens is 326 g/mol. The molecule has 0 saturated heterocycles. The van der Waals surface area contributed by atoms with Crippen molar-refractivity contribution in [2.24, 2.45) is 0 Å². The summed E-state index contributed by atoms with van der Waals surface area (Å²) in [5.41, 5.74) is 3.39. The van der Waals surface area contributed by atoms with Gasteiger partial charge in [0, 0.05) is 31.3 Å². The Morgan fingerprint density at radius 2 is 1.08 bits per heavy atom. The standard InChI is InChI=1S/C21H21NO2Si/c1-23-21(24-2)25-20-15-13-19(14-16-20)22(17-9-5-3-6-10-17)18-11-7-4-8-12-18/h3-16,21H,1-2H3. The van der Waals surface area contributed by atoms with Crippen LogP contribution in [-0.2, 0) is 9.47 Å². The topological polar surface area (TPSA) is 21.7 Å².